The van der Waals surface area contributed by atoms with Gasteiger partial charge in [0, 0.05) is 28.2 Å². The molecule has 0 aliphatic carbocycles. The maximum Gasteiger partial charge on any atom is 0.139 e. The molecule has 0 aromatic carbocycles. The van der Waals surface area contributed by atoms with Crippen LogP contribution in [-0.4, -0.2) is 37.1 Å². The lowest BCUT2D eigenvalue weighted by atomic mass is 10.2. The van der Waals surface area contributed by atoms with Gasteiger partial charge in [-0.1, -0.05) is 0 Å². The minimum absolute atomic E-state index is 0.391. The number of nitriles is 1. The predicted molar refractivity (Wildman–Crippen MR) is 74.5 cm³/mol. The molecule has 0 spiro atoms. The van der Waals surface area contributed by atoms with Crippen LogP contribution < -0.4 is 5.32 Å². The average molecular weight is 362 g/mol. The third-order valence-corrected chi connectivity index (χ3v) is 3.22. The molecule has 1 unspecified atom stereocenters. The van der Waals surface area contributed by atoms with Crippen molar-refractivity contribution >= 4 is 31.9 Å². The lowest BCUT2D eigenvalue weighted by Gasteiger charge is -2.15. The van der Waals surface area contributed by atoms with Crippen molar-refractivity contribution in [3.8, 4) is 6.07 Å². The van der Waals surface area contributed by atoms with Gasteiger partial charge in [0.1, 0.15) is 6.04 Å². The number of rotatable bonds is 5. The molecule has 1 atom stereocenters. The summed E-state index contributed by atoms with van der Waals surface area (Å²) in [6.07, 6.45) is 1.69. The molecule has 1 aromatic heterocycles. The largest absolute Gasteiger partial charge is 0.308 e. The van der Waals surface area contributed by atoms with Crippen LogP contribution in [0.2, 0.25) is 0 Å². The van der Waals surface area contributed by atoms with Crippen LogP contribution in [0.3, 0.4) is 0 Å². The lowest BCUT2D eigenvalue weighted by Crippen LogP contribution is -2.29. The van der Waals surface area contributed by atoms with Gasteiger partial charge < -0.3 is 4.90 Å². The SMILES string of the molecule is CN(C)CCNC(C#N)c1ncc(Br)cc1Br. The van der Waals surface area contributed by atoms with Gasteiger partial charge in [-0.25, -0.2) is 0 Å². The highest BCUT2D eigenvalue weighted by Crippen LogP contribution is 2.24. The number of likely N-dealkylation sites (N-methyl/N-ethyl adjacent to an activating group) is 1. The van der Waals surface area contributed by atoms with Crippen molar-refractivity contribution in [2.45, 2.75) is 6.04 Å². The third kappa shape index (κ3) is 4.72. The second-order valence-corrected chi connectivity index (χ2v) is 5.61. The van der Waals surface area contributed by atoms with E-state index in [1.54, 1.807) is 6.20 Å². The molecule has 0 radical (unpaired) electrons. The number of hydrogen-bond acceptors (Lipinski definition) is 4. The van der Waals surface area contributed by atoms with Gasteiger partial charge in [-0.15, -0.1) is 0 Å². The van der Waals surface area contributed by atoms with E-state index in [9.17, 15) is 0 Å². The van der Waals surface area contributed by atoms with Crippen LogP contribution in [0.15, 0.2) is 21.2 Å². The summed E-state index contributed by atoms with van der Waals surface area (Å²) < 4.78 is 1.72. The third-order valence-electron chi connectivity index (χ3n) is 2.15. The molecule has 92 valence electrons. The maximum absolute atomic E-state index is 9.14. The molecule has 0 aliphatic rings. The Hall–Kier alpha value is -0.480. The molecule has 1 N–H and O–H groups in total. The van der Waals surface area contributed by atoms with E-state index in [1.807, 2.05) is 20.2 Å². The Morgan fingerprint density at radius 1 is 1.53 bits per heavy atom. The van der Waals surface area contributed by atoms with Gasteiger partial charge in [-0.2, -0.15) is 5.26 Å². The van der Waals surface area contributed by atoms with Gasteiger partial charge in [0.15, 0.2) is 0 Å². The summed E-state index contributed by atoms with van der Waals surface area (Å²) in [6, 6.07) is 3.71. The van der Waals surface area contributed by atoms with Crippen molar-refractivity contribution < 1.29 is 0 Å². The fraction of sp³-hybridized carbons (Fsp3) is 0.455. The van der Waals surface area contributed by atoms with E-state index in [0.29, 0.717) is 0 Å². The summed E-state index contributed by atoms with van der Waals surface area (Å²) in [5, 5.41) is 12.3. The fourth-order valence-corrected chi connectivity index (χ4v) is 2.49. The summed E-state index contributed by atoms with van der Waals surface area (Å²) in [5.74, 6) is 0. The van der Waals surface area contributed by atoms with Crippen molar-refractivity contribution in [1.29, 1.82) is 5.26 Å². The van der Waals surface area contributed by atoms with Crippen LogP contribution in [0.1, 0.15) is 11.7 Å². The molecule has 0 aliphatic heterocycles. The van der Waals surface area contributed by atoms with Crippen molar-refractivity contribution in [3.05, 3.63) is 26.9 Å². The van der Waals surface area contributed by atoms with Gasteiger partial charge >= 0.3 is 0 Å². The fourth-order valence-electron chi connectivity index (χ4n) is 1.27. The van der Waals surface area contributed by atoms with Crippen LogP contribution in [0.25, 0.3) is 0 Å². The maximum atomic E-state index is 9.14. The number of hydrogen-bond donors (Lipinski definition) is 1. The second-order valence-electron chi connectivity index (χ2n) is 3.84. The van der Waals surface area contributed by atoms with E-state index in [4.69, 9.17) is 5.26 Å². The smallest absolute Gasteiger partial charge is 0.139 e. The van der Waals surface area contributed by atoms with Gasteiger partial charge in [0.25, 0.3) is 0 Å². The number of aromatic nitrogens is 1. The van der Waals surface area contributed by atoms with E-state index in [-0.39, 0.29) is 0 Å². The summed E-state index contributed by atoms with van der Waals surface area (Å²) in [6.45, 7) is 1.63. The highest BCUT2D eigenvalue weighted by Gasteiger charge is 2.14. The first-order chi connectivity index (χ1) is 8.04. The molecule has 4 nitrogen and oxygen atoms in total. The van der Waals surface area contributed by atoms with Crippen LogP contribution in [0, 0.1) is 11.3 Å². The molecule has 6 heteroatoms. The van der Waals surface area contributed by atoms with E-state index in [0.717, 1.165) is 27.7 Å². The van der Waals surface area contributed by atoms with E-state index in [1.165, 1.54) is 0 Å². The van der Waals surface area contributed by atoms with Gasteiger partial charge in [-0.05, 0) is 52.0 Å². The molecule has 0 saturated carbocycles. The summed E-state index contributed by atoms with van der Waals surface area (Å²) >= 11 is 6.75. The quantitative estimate of drug-likeness (QED) is 0.874. The van der Waals surface area contributed by atoms with Gasteiger partial charge in [0.2, 0.25) is 0 Å². The first kappa shape index (κ1) is 14.6. The average Bonchev–Trinajstić information content (AvgIpc) is 2.25. The van der Waals surface area contributed by atoms with Crippen molar-refractivity contribution in [1.82, 2.24) is 15.2 Å². The Kier molecular flexibility index (Phi) is 6.06. The molecular formula is C11H14Br2N4. The number of pyridine rings is 1. The van der Waals surface area contributed by atoms with Crippen LogP contribution in [0.4, 0.5) is 0 Å². The van der Waals surface area contributed by atoms with Crippen LogP contribution in [-0.2, 0) is 0 Å². The summed E-state index contributed by atoms with van der Waals surface area (Å²) in [4.78, 5) is 6.32. The number of halogens is 2. The van der Waals surface area contributed by atoms with E-state index in [2.05, 4.69) is 53.1 Å². The highest BCUT2D eigenvalue weighted by atomic mass is 79.9. The standard InChI is InChI=1S/C11H14Br2N4/c1-17(2)4-3-15-10(6-14)11-9(13)5-8(12)7-16-11/h5,7,10,15H,3-4H2,1-2H3. The molecule has 0 amide bonds. The van der Waals surface area contributed by atoms with Crippen molar-refractivity contribution in [2.24, 2.45) is 0 Å². The Labute approximate surface area is 118 Å². The van der Waals surface area contributed by atoms with Crippen molar-refractivity contribution in [2.75, 3.05) is 27.2 Å². The van der Waals surface area contributed by atoms with Gasteiger partial charge in [0.05, 0.1) is 11.8 Å². The minimum Gasteiger partial charge on any atom is -0.308 e. The first-order valence-electron chi connectivity index (χ1n) is 5.13. The topological polar surface area (TPSA) is 52.0 Å². The molecule has 0 bridgehead atoms. The van der Waals surface area contributed by atoms with E-state index < -0.39 is 6.04 Å². The molecule has 0 saturated heterocycles. The molecule has 1 heterocycles. The normalized spacial score (nSPS) is 12.5. The Bertz CT molecular complexity index is 414. The second kappa shape index (κ2) is 7.07. The Balaban J connectivity index is 2.70. The predicted octanol–water partition coefficient (Wildman–Crippen LogP) is 2.32. The molecule has 1 aromatic rings. The monoisotopic (exact) mass is 360 g/mol. The van der Waals surface area contributed by atoms with Crippen LogP contribution in [0.5, 0.6) is 0 Å². The first-order valence-corrected chi connectivity index (χ1v) is 6.72. The number of nitrogens with zero attached hydrogens (tertiary/aromatic N) is 3. The van der Waals surface area contributed by atoms with Gasteiger partial charge in [-0.3, -0.25) is 10.3 Å². The summed E-state index contributed by atoms with van der Waals surface area (Å²) in [7, 11) is 3.99. The van der Waals surface area contributed by atoms with E-state index >= 15 is 0 Å². The number of nitrogens with one attached hydrogen (secondary N) is 1. The highest BCUT2D eigenvalue weighted by molar-refractivity contribution is 9.11. The lowest BCUT2D eigenvalue weighted by molar-refractivity contribution is 0.394. The molecule has 1 rings (SSSR count). The molecular weight excluding hydrogens is 348 g/mol. The summed E-state index contributed by atoms with van der Waals surface area (Å²) in [5.41, 5.74) is 0.717. The molecule has 0 fully saturated rings. The van der Waals surface area contributed by atoms with Crippen molar-refractivity contribution in [3.63, 3.8) is 0 Å². The Morgan fingerprint density at radius 2 is 2.24 bits per heavy atom. The molecule has 17 heavy (non-hydrogen) atoms. The Morgan fingerprint density at radius 3 is 2.76 bits per heavy atom. The zero-order chi connectivity index (χ0) is 12.8. The van der Waals surface area contributed by atoms with Crippen LogP contribution >= 0.6 is 31.9 Å². The zero-order valence-electron chi connectivity index (χ0n) is 9.74. The zero-order valence-corrected chi connectivity index (χ0v) is 12.9. The minimum atomic E-state index is -0.391.